The van der Waals surface area contributed by atoms with Gasteiger partial charge in [-0.1, -0.05) is 17.7 Å². The summed E-state index contributed by atoms with van der Waals surface area (Å²) in [5.41, 5.74) is 4.19. The fraction of sp³-hybridized carbons (Fsp3) is 0.0833. The molecule has 4 nitrogen and oxygen atoms in total. The van der Waals surface area contributed by atoms with Crippen LogP contribution in [0.3, 0.4) is 0 Å². The summed E-state index contributed by atoms with van der Waals surface area (Å²) in [4.78, 5) is 24.1. The molecule has 1 heterocycles. The summed E-state index contributed by atoms with van der Waals surface area (Å²) in [6.07, 6.45) is 0.786. The Kier molecular flexibility index (Phi) is 5.14. The summed E-state index contributed by atoms with van der Waals surface area (Å²) in [5, 5.41) is 3.73. The number of aryl methyl sites for hydroxylation is 1. The van der Waals surface area contributed by atoms with Crippen molar-refractivity contribution in [1.29, 1.82) is 0 Å². The number of hydrogen-bond acceptors (Lipinski definition) is 3. The lowest BCUT2D eigenvalue weighted by Gasteiger charge is -2.08. The molecule has 3 aromatic carbocycles. The van der Waals surface area contributed by atoms with E-state index in [1.807, 2.05) is 19.1 Å². The van der Waals surface area contributed by atoms with Gasteiger partial charge in [-0.15, -0.1) is 0 Å². The van der Waals surface area contributed by atoms with E-state index < -0.39 is 0 Å². The maximum Gasteiger partial charge on any atom is 0.255 e. The molecule has 0 saturated carbocycles. The van der Waals surface area contributed by atoms with E-state index >= 15 is 0 Å². The standard InChI is InChI=1S/C24H17ClFNO3/c1-13-9-20(25)18(11-16(13)12-28)15-5-8-21-19(10-15)22(24(29)27-2)23(30-21)14-3-6-17(26)7-4-14/h3-12H,1-2H3,(H,27,29). The van der Waals surface area contributed by atoms with Crippen molar-refractivity contribution in [3.8, 4) is 22.5 Å². The highest BCUT2D eigenvalue weighted by atomic mass is 35.5. The van der Waals surface area contributed by atoms with E-state index in [1.54, 1.807) is 30.3 Å². The van der Waals surface area contributed by atoms with Crippen molar-refractivity contribution in [3.05, 3.63) is 82.1 Å². The second-order valence-corrected chi connectivity index (χ2v) is 7.32. The Morgan fingerprint density at radius 2 is 1.77 bits per heavy atom. The first-order valence-electron chi connectivity index (χ1n) is 9.23. The molecule has 0 radical (unpaired) electrons. The number of aldehydes is 1. The van der Waals surface area contributed by atoms with Crippen LogP contribution in [-0.4, -0.2) is 19.2 Å². The number of amides is 1. The number of nitrogens with one attached hydrogen (secondary N) is 1. The fourth-order valence-electron chi connectivity index (χ4n) is 3.46. The third-order valence-corrected chi connectivity index (χ3v) is 5.35. The molecule has 1 N–H and O–H groups in total. The first-order valence-corrected chi connectivity index (χ1v) is 9.61. The van der Waals surface area contributed by atoms with Crippen LogP contribution in [0.4, 0.5) is 4.39 Å². The largest absolute Gasteiger partial charge is 0.455 e. The van der Waals surface area contributed by atoms with Crippen molar-refractivity contribution in [2.45, 2.75) is 6.92 Å². The highest BCUT2D eigenvalue weighted by molar-refractivity contribution is 6.33. The lowest BCUT2D eigenvalue weighted by Crippen LogP contribution is -2.18. The molecule has 1 amide bonds. The summed E-state index contributed by atoms with van der Waals surface area (Å²) < 4.78 is 19.3. The van der Waals surface area contributed by atoms with E-state index in [4.69, 9.17) is 16.0 Å². The minimum atomic E-state index is -0.376. The quantitative estimate of drug-likeness (QED) is 0.409. The smallest absolute Gasteiger partial charge is 0.255 e. The molecule has 150 valence electrons. The van der Waals surface area contributed by atoms with E-state index in [0.717, 1.165) is 17.4 Å². The van der Waals surface area contributed by atoms with Gasteiger partial charge in [-0.25, -0.2) is 4.39 Å². The summed E-state index contributed by atoms with van der Waals surface area (Å²) in [7, 11) is 1.53. The van der Waals surface area contributed by atoms with Gasteiger partial charge in [0.25, 0.3) is 5.91 Å². The second-order valence-electron chi connectivity index (χ2n) is 6.91. The van der Waals surface area contributed by atoms with Crippen molar-refractivity contribution in [2.24, 2.45) is 0 Å². The maximum atomic E-state index is 13.4. The van der Waals surface area contributed by atoms with Crippen molar-refractivity contribution >= 4 is 34.8 Å². The summed E-state index contributed by atoms with van der Waals surface area (Å²) in [6.45, 7) is 1.82. The van der Waals surface area contributed by atoms with Crippen molar-refractivity contribution in [1.82, 2.24) is 5.32 Å². The first-order chi connectivity index (χ1) is 14.4. The Bertz CT molecular complexity index is 1290. The molecule has 0 unspecified atom stereocenters. The monoisotopic (exact) mass is 421 g/mol. The zero-order valence-electron chi connectivity index (χ0n) is 16.3. The average molecular weight is 422 g/mol. The molecule has 4 rings (SSSR count). The zero-order valence-corrected chi connectivity index (χ0v) is 17.0. The number of benzene rings is 3. The number of carbonyl (C=O) groups excluding carboxylic acids is 2. The van der Waals surface area contributed by atoms with E-state index in [2.05, 4.69) is 5.32 Å². The van der Waals surface area contributed by atoms with Gasteiger partial charge in [-0.05, 0) is 66.6 Å². The van der Waals surface area contributed by atoms with Crippen LogP contribution in [0, 0.1) is 12.7 Å². The molecule has 0 aliphatic heterocycles. The van der Waals surface area contributed by atoms with Crippen LogP contribution < -0.4 is 5.32 Å². The van der Waals surface area contributed by atoms with Gasteiger partial charge in [0.2, 0.25) is 0 Å². The number of carbonyl (C=O) groups is 2. The van der Waals surface area contributed by atoms with E-state index in [1.165, 1.54) is 19.2 Å². The summed E-state index contributed by atoms with van der Waals surface area (Å²) in [5.74, 6) is -0.350. The minimum Gasteiger partial charge on any atom is -0.455 e. The molecular weight excluding hydrogens is 405 g/mol. The van der Waals surface area contributed by atoms with Crippen molar-refractivity contribution in [2.75, 3.05) is 7.05 Å². The van der Waals surface area contributed by atoms with Gasteiger partial charge in [0.1, 0.15) is 23.4 Å². The maximum absolute atomic E-state index is 13.4. The van der Waals surface area contributed by atoms with Gasteiger partial charge in [0, 0.05) is 34.1 Å². The molecule has 0 aliphatic rings. The first kappa shape index (κ1) is 19.9. The fourth-order valence-corrected chi connectivity index (χ4v) is 3.79. The van der Waals surface area contributed by atoms with Crippen LogP contribution >= 0.6 is 11.6 Å². The van der Waals surface area contributed by atoms with Crippen LogP contribution in [0.15, 0.2) is 59.0 Å². The lowest BCUT2D eigenvalue weighted by atomic mass is 9.97. The molecule has 1 aromatic heterocycles. The van der Waals surface area contributed by atoms with E-state index in [9.17, 15) is 14.0 Å². The minimum absolute atomic E-state index is 0.325. The topological polar surface area (TPSA) is 59.3 Å². The molecule has 0 atom stereocenters. The predicted molar refractivity (Wildman–Crippen MR) is 116 cm³/mol. The molecule has 0 spiro atoms. The molecule has 0 fully saturated rings. The Balaban J connectivity index is 1.96. The van der Waals surface area contributed by atoms with Crippen LogP contribution in [0.2, 0.25) is 5.02 Å². The lowest BCUT2D eigenvalue weighted by molar-refractivity contribution is 0.0964. The van der Waals surface area contributed by atoms with Gasteiger partial charge in [0.15, 0.2) is 0 Å². The molecule has 4 aromatic rings. The molecule has 6 heteroatoms. The number of furan rings is 1. The molecule has 0 saturated heterocycles. The van der Waals surface area contributed by atoms with Gasteiger partial charge in [0.05, 0.1) is 5.56 Å². The third kappa shape index (κ3) is 3.37. The predicted octanol–water partition coefficient (Wildman–Crippen LogP) is 6.04. The van der Waals surface area contributed by atoms with Gasteiger partial charge in [-0.2, -0.15) is 0 Å². The molecule has 0 aliphatic carbocycles. The van der Waals surface area contributed by atoms with Crippen LogP contribution in [-0.2, 0) is 0 Å². The second kappa shape index (κ2) is 7.76. The van der Waals surface area contributed by atoms with Crippen LogP contribution in [0.25, 0.3) is 33.4 Å². The van der Waals surface area contributed by atoms with Gasteiger partial charge >= 0.3 is 0 Å². The Hall–Kier alpha value is -3.44. The average Bonchev–Trinajstić information content (AvgIpc) is 3.12. The number of halogens is 2. The highest BCUT2D eigenvalue weighted by Crippen LogP contribution is 2.38. The highest BCUT2D eigenvalue weighted by Gasteiger charge is 2.22. The SMILES string of the molecule is CNC(=O)c1c(-c2ccc(F)cc2)oc2ccc(-c3cc(C=O)c(C)cc3Cl)cc12. The number of rotatable bonds is 4. The van der Waals surface area contributed by atoms with Crippen LogP contribution in [0.1, 0.15) is 26.3 Å². The molecular formula is C24H17ClFNO3. The Morgan fingerprint density at radius 1 is 1.07 bits per heavy atom. The molecule has 30 heavy (non-hydrogen) atoms. The summed E-state index contributed by atoms with van der Waals surface area (Å²) in [6, 6.07) is 14.6. The van der Waals surface area contributed by atoms with Crippen LogP contribution in [0.5, 0.6) is 0 Å². The van der Waals surface area contributed by atoms with E-state index in [0.29, 0.717) is 44.0 Å². The Morgan fingerprint density at radius 3 is 2.43 bits per heavy atom. The Labute approximate surface area is 177 Å². The van der Waals surface area contributed by atoms with E-state index in [-0.39, 0.29) is 11.7 Å². The molecule has 0 bridgehead atoms. The number of fused-ring (bicyclic) bond motifs is 1. The van der Waals surface area contributed by atoms with Crippen molar-refractivity contribution in [3.63, 3.8) is 0 Å². The zero-order chi connectivity index (χ0) is 21.4. The summed E-state index contributed by atoms with van der Waals surface area (Å²) >= 11 is 6.44. The third-order valence-electron chi connectivity index (χ3n) is 5.04. The number of hydrogen-bond donors (Lipinski definition) is 1. The van der Waals surface area contributed by atoms with Crippen molar-refractivity contribution < 1.29 is 18.4 Å². The van der Waals surface area contributed by atoms with Gasteiger partial charge in [-0.3, -0.25) is 9.59 Å². The van der Waals surface area contributed by atoms with Gasteiger partial charge < -0.3 is 9.73 Å². The normalized spacial score (nSPS) is 10.9.